The molecule has 1 fully saturated rings. The summed E-state index contributed by atoms with van der Waals surface area (Å²) >= 11 is 6.70. The molecule has 0 aliphatic carbocycles. The number of halogens is 1. The van der Waals surface area contributed by atoms with Crippen LogP contribution in [0.4, 0.5) is 0 Å². The van der Waals surface area contributed by atoms with Crippen molar-refractivity contribution in [3.63, 3.8) is 0 Å². The second-order valence-electron chi connectivity index (χ2n) is 8.35. The van der Waals surface area contributed by atoms with Crippen molar-refractivity contribution < 1.29 is 9.53 Å². The van der Waals surface area contributed by atoms with Gasteiger partial charge in [-0.15, -0.1) is 5.10 Å². The first-order valence-corrected chi connectivity index (χ1v) is 10.5. The molecule has 154 valence electrons. The molecule has 30 heavy (non-hydrogen) atoms. The lowest BCUT2D eigenvalue weighted by Crippen LogP contribution is -2.28. The van der Waals surface area contributed by atoms with Gasteiger partial charge in [0.1, 0.15) is 11.8 Å². The summed E-state index contributed by atoms with van der Waals surface area (Å²) in [6.45, 7) is 5.46. The Morgan fingerprint density at radius 3 is 2.70 bits per heavy atom. The number of hydrogen-bond acceptors (Lipinski definition) is 4. The third kappa shape index (κ3) is 3.16. The molecule has 1 aromatic heterocycles. The Morgan fingerprint density at radius 1 is 1.23 bits per heavy atom. The van der Waals surface area contributed by atoms with E-state index >= 15 is 0 Å². The predicted molar refractivity (Wildman–Crippen MR) is 115 cm³/mol. The highest BCUT2D eigenvalue weighted by Gasteiger charge is 2.40. The Labute approximate surface area is 180 Å². The van der Waals surface area contributed by atoms with Gasteiger partial charge in [-0.05, 0) is 36.1 Å². The normalized spacial score (nSPS) is 20.1. The highest BCUT2D eigenvalue weighted by molar-refractivity contribution is 6.33. The second-order valence-corrected chi connectivity index (χ2v) is 8.72. The van der Waals surface area contributed by atoms with E-state index in [9.17, 15) is 4.79 Å². The van der Waals surface area contributed by atoms with Crippen molar-refractivity contribution in [3.8, 4) is 17.0 Å². The summed E-state index contributed by atoms with van der Waals surface area (Å²) < 4.78 is 7.89. The van der Waals surface area contributed by atoms with Gasteiger partial charge in [-0.1, -0.05) is 48.0 Å². The van der Waals surface area contributed by atoms with Gasteiger partial charge in [0, 0.05) is 25.1 Å². The molecule has 2 bridgehead atoms. The molecule has 2 aliphatic rings. The molecular weight excluding hydrogens is 400 g/mol. The molecule has 3 heterocycles. The Bertz CT molecular complexity index is 1140. The third-order valence-corrected chi connectivity index (χ3v) is 6.61. The van der Waals surface area contributed by atoms with Crippen molar-refractivity contribution in [1.29, 1.82) is 0 Å². The molecule has 0 saturated carbocycles. The van der Waals surface area contributed by atoms with Gasteiger partial charge in [0.15, 0.2) is 5.75 Å². The maximum Gasteiger partial charge on any atom is 0.257 e. The average Bonchev–Trinajstić information content (AvgIpc) is 3.29. The number of amides is 1. The highest BCUT2D eigenvalue weighted by Crippen LogP contribution is 2.40. The molecule has 0 N–H and O–H groups in total. The number of rotatable bonds is 3. The van der Waals surface area contributed by atoms with Crippen molar-refractivity contribution in [2.45, 2.75) is 26.4 Å². The molecular formula is C23H23ClN4O2. The van der Waals surface area contributed by atoms with Gasteiger partial charge in [0.2, 0.25) is 0 Å². The number of aromatic nitrogens is 3. The fraction of sp³-hybridized carbons (Fsp3) is 0.348. The van der Waals surface area contributed by atoms with Crippen LogP contribution in [0.15, 0.2) is 36.5 Å². The van der Waals surface area contributed by atoms with E-state index in [0.29, 0.717) is 35.2 Å². The molecule has 2 aliphatic heterocycles. The first kappa shape index (κ1) is 19.1. The van der Waals surface area contributed by atoms with Gasteiger partial charge in [-0.3, -0.25) is 9.48 Å². The minimum absolute atomic E-state index is 0.00609. The smallest absolute Gasteiger partial charge is 0.257 e. The van der Waals surface area contributed by atoms with E-state index in [4.69, 9.17) is 16.3 Å². The van der Waals surface area contributed by atoms with E-state index < -0.39 is 0 Å². The van der Waals surface area contributed by atoms with Crippen molar-refractivity contribution in [1.82, 2.24) is 19.9 Å². The minimum Gasteiger partial charge on any atom is -0.486 e. The van der Waals surface area contributed by atoms with Crippen LogP contribution in [0.5, 0.6) is 5.75 Å². The zero-order valence-electron chi connectivity index (χ0n) is 17.2. The molecule has 5 rings (SSSR count). The number of hydrogen-bond donors (Lipinski definition) is 0. The maximum absolute atomic E-state index is 13.1. The number of nitrogens with zero attached hydrogens (tertiary/aromatic N) is 4. The summed E-state index contributed by atoms with van der Waals surface area (Å²) in [7, 11) is 1.85. The lowest BCUT2D eigenvalue weighted by molar-refractivity contribution is 0.0789. The summed E-state index contributed by atoms with van der Waals surface area (Å²) in [6.07, 6.45) is 2.58. The van der Waals surface area contributed by atoms with Gasteiger partial charge in [-0.2, -0.15) is 0 Å². The minimum atomic E-state index is 0.00609. The van der Waals surface area contributed by atoms with Crippen LogP contribution in [0.2, 0.25) is 5.02 Å². The predicted octanol–water partition coefficient (Wildman–Crippen LogP) is 3.89. The standard InChI is InChI=1S/C23H23ClN4O2/c1-13-10-28-12-20(13)30-22-18(23(28)29)9-17(14(2)21(22)24)8-15-4-6-16(7-5-15)19-11-27(3)26-25-19/h4-7,9,11,13,20H,8,10,12H2,1-3H3/t13-,20+/m0/s1. The quantitative estimate of drug-likeness (QED) is 0.642. The van der Waals surface area contributed by atoms with Crippen molar-refractivity contribution in [3.05, 3.63) is 63.8 Å². The van der Waals surface area contributed by atoms with Crippen LogP contribution >= 0.6 is 11.6 Å². The average molecular weight is 423 g/mol. The monoisotopic (exact) mass is 422 g/mol. The number of carbonyl (C=O) groups excluding carboxylic acids is 1. The number of ether oxygens (including phenoxy) is 1. The number of aryl methyl sites for hydroxylation is 1. The molecule has 7 heteroatoms. The van der Waals surface area contributed by atoms with Crippen LogP contribution in [0.3, 0.4) is 0 Å². The zero-order valence-corrected chi connectivity index (χ0v) is 18.0. The fourth-order valence-electron chi connectivity index (χ4n) is 4.31. The van der Waals surface area contributed by atoms with Crippen LogP contribution < -0.4 is 4.74 Å². The molecule has 1 saturated heterocycles. The summed E-state index contributed by atoms with van der Waals surface area (Å²) in [5.41, 5.74) is 5.57. The van der Waals surface area contributed by atoms with Crippen LogP contribution in [0.1, 0.15) is 34.0 Å². The molecule has 0 spiro atoms. The SMILES string of the molecule is Cc1c(Cc2ccc(-c3cn(C)nn3)cc2)cc2c(c1Cl)O[C@@H]1CN(C[C@@H]1C)C2=O. The van der Waals surface area contributed by atoms with E-state index in [-0.39, 0.29) is 12.0 Å². The van der Waals surface area contributed by atoms with Crippen LogP contribution in [0.25, 0.3) is 11.3 Å². The molecule has 1 amide bonds. The first-order valence-electron chi connectivity index (χ1n) is 10.1. The second kappa shape index (κ2) is 7.13. The van der Waals surface area contributed by atoms with Crippen molar-refractivity contribution in [2.24, 2.45) is 13.0 Å². The highest BCUT2D eigenvalue weighted by atomic mass is 35.5. The Kier molecular flexibility index (Phi) is 4.54. The summed E-state index contributed by atoms with van der Waals surface area (Å²) in [4.78, 5) is 15.0. The molecule has 6 nitrogen and oxygen atoms in total. The third-order valence-electron chi connectivity index (χ3n) is 6.15. The molecule has 0 unspecified atom stereocenters. The van der Waals surface area contributed by atoms with Gasteiger partial charge in [0.05, 0.1) is 23.3 Å². The van der Waals surface area contributed by atoms with Gasteiger partial charge in [-0.25, -0.2) is 0 Å². The summed E-state index contributed by atoms with van der Waals surface area (Å²) in [5, 5.41) is 8.69. The van der Waals surface area contributed by atoms with E-state index in [2.05, 4.69) is 29.4 Å². The van der Waals surface area contributed by atoms with Crippen molar-refractivity contribution in [2.75, 3.05) is 13.1 Å². The Balaban J connectivity index is 1.47. The topological polar surface area (TPSA) is 60.2 Å². The van der Waals surface area contributed by atoms with Gasteiger partial charge < -0.3 is 9.64 Å². The van der Waals surface area contributed by atoms with E-state index in [1.165, 1.54) is 0 Å². The maximum atomic E-state index is 13.1. The van der Waals surface area contributed by atoms with E-state index in [1.807, 2.05) is 43.3 Å². The van der Waals surface area contributed by atoms with Crippen LogP contribution in [0, 0.1) is 12.8 Å². The fourth-order valence-corrected chi connectivity index (χ4v) is 4.57. The van der Waals surface area contributed by atoms with Crippen LogP contribution in [-0.4, -0.2) is 45.0 Å². The number of fused-ring (bicyclic) bond motifs is 3. The summed E-state index contributed by atoms with van der Waals surface area (Å²) in [5.74, 6) is 0.865. The largest absolute Gasteiger partial charge is 0.486 e. The molecule has 3 aromatic rings. The molecule has 0 radical (unpaired) electrons. The van der Waals surface area contributed by atoms with E-state index in [1.54, 1.807) is 4.68 Å². The van der Waals surface area contributed by atoms with Crippen LogP contribution in [-0.2, 0) is 13.5 Å². The summed E-state index contributed by atoms with van der Waals surface area (Å²) in [6, 6.07) is 10.2. The van der Waals surface area contributed by atoms with E-state index in [0.717, 1.165) is 34.5 Å². The molecule has 2 aromatic carbocycles. The van der Waals surface area contributed by atoms with Crippen molar-refractivity contribution >= 4 is 17.5 Å². The van der Waals surface area contributed by atoms with Gasteiger partial charge >= 0.3 is 0 Å². The van der Waals surface area contributed by atoms with Gasteiger partial charge in [0.25, 0.3) is 5.91 Å². The Hall–Kier alpha value is -2.86. The first-order chi connectivity index (χ1) is 14.4. The molecule has 2 atom stereocenters. The zero-order chi connectivity index (χ0) is 21.0. The lowest BCUT2D eigenvalue weighted by atomic mass is 9.96. The lowest BCUT2D eigenvalue weighted by Gasteiger charge is -2.22. The number of carbonyl (C=O) groups is 1. The number of benzene rings is 2. The Morgan fingerprint density at radius 2 is 2.00 bits per heavy atom.